The smallest absolute Gasteiger partial charge is 0.223 e. The number of carbonyl (C=O) groups excluding carboxylic acids is 1. The fourth-order valence-electron chi connectivity index (χ4n) is 5.95. The molecule has 3 heteroatoms. The number of hydrogen-bond acceptors (Lipinski definition) is 2. The Hall–Kier alpha value is -1.82. The zero-order chi connectivity index (χ0) is 14.7. The van der Waals surface area contributed by atoms with Crippen LogP contribution in [-0.2, 0) is 10.2 Å². The molecular weight excluding hydrogens is 260 g/mol. The summed E-state index contributed by atoms with van der Waals surface area (Å²) in [6.45, 7) is 0. The van der Waals surface area contributed by atoms with E-state index in [1.54, 1.807) is 0 Å². The highest BCUT2D eigenvalue weighted by Crippen LogP contribution is 2.73. The molecule has 0 aromatic heterocycles. The Morgan fingerprint density at radius 2 is 2.05 bits per heavy atom. The molecule has 4 bridgehead atoms. The Morgan fingerprint density at radius 3 is 2.71 bits per heavy atom. The van der Waals surface area contributed by atoms with Crippen LogP contribution in [0.5, 0.6) is 0 Å². The van der Waals surface area contributed by atoms with Gasteiger partial charge in [0.15, 0.2) is 0 Å². The van der Waals surface area contributed by atoms with Crippen LogP contribution in [0.3, 0.4) is 0 Å². The number of primary amides is 1. The minimum absolute atomic E-state index is 0.121. The van der Waals surface area contributed by atoms with Gasteiger partial charge in [0.25, 0.3) is 0 Å². The monoisotopic (exact) mass is 280 g/mol. The summed E-state index contributed by atoms with van der Waals surface area (Å²) < 4.78 is 0. The molecule has 0 saturated heterocycles. The van der Waals surface area contributed by atoms with Crippen LogP contribution >= 0.6 is 0 Å². The maximum Gasteiger partial charge on any atom is 0.223 e. The van der Waals surface area contributed by atoms with Crippen LogP contribution in [0.25, 0.3) is 0 Å². The summed E-state index contributed by atoms with van der Waals surface area (Å²) in [7, 11) is 0. The number of nitrogens with two attached hydrogens (primary N) is 1. The standard InChI is InChI=1S/C18H20N2O/c19-7-6-14-12-8-17(13-4-2-1-3-5-13)10-15(14)18(9-12,11-17)16(20)21/h1-5,12,14-15H,6,8-11H2,(H2,20,21). The van der Waals surface area contributed by atoms with Crippen molar-refractivity contribution in [3.8, 4) is 6.07 Å². The molecule has 21 heavy (non-hydrogen) atoms. The van der Waals surface area contributed by atoms with Gasteiger partial charge in [-0.25, -0.2) is 0 Å². The zero-order valence-corrected chi connectivity index (χ0v) is 12.1. The Balaban J connectivity index is 1.79. The number of nitrogens with zero attached hydrogens (tertiary/aromatic N) is 1. The lowest BCUT2D eigenvalue weighted by molar-refractivity contribution is -0.129. The van der Waals surface area contributed by atoms with Crippen molar-refractivity contribution >= 4 is 5.91 Å². The van der Waals surface area contributed by atoms with Crippen molar-refractivity contribution in [2.45, 2.75) is 37.5 Å². The molecular formula is C18H20N2O. The van der Waals surface area contributed by atoms with E-state index in [9.17, 15) is 4.79 Å². The van der Waals surface area contributed by atoms with Crippen LogP contribution in [0.1, 0.15) is 37.7 Å². The van der Waals surface area contributed by atoms with E-state index in [-0.39, 0.29) is 16.7 Å². The molecule has 5 unspecified atom stereocenters. The second-order valence-corrected chi connectivity index (χ2v) is 7.35. The van der Waals surface area contributed by atoms with Crippen molar-refractivity contribution in [3.05, 3.63) is 35.9 Å². The quantitative estimate of drug-likeness (QED) is 0.925. The van der Waals surface area contributed by atoms with E-state index in [0.29, 0.717) is 24.2 Å². The van der Waals surface area contributed by atoms with Gasteiger partial charge in [0.2, 0.25) is 5.91 Å². The van der Waals surface area contributed by atoms with Crippen molar-refractivity contribution in [1.29, 1.82) is 5.26 Å². The lowest BCUT2D eigenvalue weighted by Crippen LogP contribution is -2.41. The molecule has 3 nitrogen and oxygen atoms in total. The summed E-state index contributed by atoms with van der Waals surface area (Å²) in [5.41, 5.74) is 6.96. The number of carbonyl (C=O) groups is 1. The highest BCUT2D eigenvalue weighted by molar-refractivity contribution is 5.83. The van der Waals surface area contributed by atoms with E-state index in [1.807, 2.05) is 6.07 Å². The third kappa shape index (κ3) is 1.51. The summed E-state index contributed by atoms with van der Waals surface area (Å²) in [6, 6.07) is 12.9. The van der Waals surface area contributed by atoms with E-state index < -0.39 is 0 Å². The first kappa shape index (κ1) is 12.9. The Bertz CT molecular complexity index is 634. The average molecular weight is 280 g/mol. The van der Waals surface area contributed by atoms with Crippen molar-refractivity contribution in [3.63, 3.8) is 0 Å². The normalized spacial score (nSPS) is 42.9. The number of nitriles is 1. The lowest BCUT2D eigenvalue weighted by atomic mass is 9.61. The summed E-state index contributed by atoms with van der Waals surface area (Å²) in [6.07, 6.45) is 4.53. The Labute approximate surface area is 125 Å². The largest absolute Gasteiger partial charge is 0.369 e. The molecule has 1 aromatic carbocycles. The first-order chi connectivity index (χ1) is 10.1. The summed E-state index contributed by atoms with van der Waals surface area (Å²) >= 11 is 0. The second kappa shape index (κ2) is 4.10. The highest BCUT2D eigenvalue weighted by Gasteiger charge is 2.70. The van der Waals surface area contributed by atoms with Crippen LogP contribution in [-0.4, -0.2) is 5.91 Å². The topological polar surface area (TPSA) is 66.9 Å². The molecule has 4 aliphatic rings. The van der Waals surface area contributed by atoms with Gasteiger partial charge < -0.3 is 5.73 Å². The van der Waals surface area contributed by atoms with Gasteiger partial charge in [-0.3, -0.25) is 4.79 Å². The van der Waals surface area contributed by atoms with Gasteiger partial charge in [-0.2, -0.15) is 5.26 Å². The van der Waals surface area contributed by atoms with Gasteiger partial charge in [0.1, 0.15) is 0 Å². The van der Waals surface area contributed by atoms with Gasteiger partial charge in [0.05, 0.1) is 11.5 Å². The van der Waals surface area contributed by atoms with E-state index in [4.69, 9.17) is 11.0 Å². The molecule has 1 aromatic rings. The van der Waals surface area contributed by atoms with Crippen LogP contribution < -0.4 is 5.73 Å². The molecule has 108 valence electrons. The predicted molar refractivity (Wildman–Crippen MR) is 78.9 cm³/mol. The highest BCUT2D eigenvalue weighted by atomic mass is 16.1. The summed E-state index contributed by atoms with van der Waals surface area (Å²) in [5, 5.41) is 9.12. The fraction of sp³-hybridized carbons (Fsp3) is 0.556. The predicted octanol–water partition coefficient (Wildman–Crippen LogP) is 2.76. The molecule has 0 heterocycles. The fourth-order valence-corrected chi connectivity index (χ4v) is 5.95. The summed E-state index contributed by atoms with van der Waals surface area (Å²) in [5.74, 6) is 1.05. The van der Waals surface area contributed by atoms with Crippen LogP contribution in [0.4, 0.5) is 0 Å². The maximum absolute atomic E-state index is 12.2. The van der Waals surface area contributed by atoms with Gasteiger partial charge in [-0.05, 0) is 54.4 Å². The van der Waals surface area contributed by atoms with E-state index in [1.165, 1.54) is 5.56 Å². The molecule has 0 aliphatic heterocycles. The zero-order valence-electron chi connectivity index (χ0n) is 12.1. The Kier molecular flexibility index (Phi) is 2.52. The Morgan fingerprint density at radius 1 is 1.29 bits per heavy atom. The first-order valence-corrected chi connectivity index (χ1v) is 7.84. The molecule has 0 radical (unpaired) electrons. The molecule has 2 N–H and O–H groups in total. The summed E-state index contributed by atoms with van der Waals surface area (Å²) in [4.78, 5) is 12.2. The van der Waals surface area contributed by atoms with Crippen LogP contribution in [0.2, 0.25) is 0 Å². The molecule has 5 atom stereocenters. The van der Waals surface area contributed by atoms with Crippen molar-refractivity contribution in [2.24, 2.45) is 28.9 Å². The molecule has 4 fully saturated rings. The van der Waals surface area contributed by atoms with Crippen LogP contribution in [0.15, 0.2) is 30.3 Å². The lowest BCUT2D eigenvalue weighted by Gasteiger charge is -2.42. The van der Waals surface area contributed by atoms with E-state index in [0.717, 1.165) is 25.7 Å². The number of amides is 1. The number of benzene rings is 1. The van der Waals surface area contributed by atoms with Crippen molar-refractivity contribution in [1.82, 2.24) is 0 Å². The van der Waals surface area contributed by atoms with Gasteiger partial charge in [-0.1, -0.05) is 30.3 Å². The SMILES string of the molecule is N#CCC1C2CC3(c4ccccc4)CC1C(C(N)=O)(C2)C3. The minimum Gasteiger partial charge on any atom is -0.369 e. The van der Waals surface area contributed by atoms with Gasteiger partial charge in [-0.15, -0.1) is 0 Å². The first-order valence-electron chi connectivity index (χ1n) is 7.84. The van der Waals surface area contributed by atoms with Crippen LogP contribution in [0, 0.1) is 34.5 Å². The molecule has 0 spiro atoms. The molecule has 1 amide bonds. The third-order valence-electron chi connectivity index (χ3n) is 6.58. The van der Waals surface area contributed by atoms with Crippen molar-refractivity contribution < 1.29 is 4.79 Å². The number of hydrogen-bond donors (Lipinski definition) is 1. The van der Waals surface area contributed by atoms with E-state index >= 15 is 0 Å². The van der Waals surface area contributed by atoms with Gasteiger partial charge >= 0.3 is 0 Å². The molecule has 5 rings (SSSR count). The third-order valence-corrected chi connectivity index (χ3v) is 6.58. The van der Waals surface area contributed by atoms with Crippen molar-refractivity contribution in [2.75, 3.05) is 0 Å². The maximum atomic E-state index is 12.2. The molecule has 4 aliphatic carbocycles. The molecule has 4 saturated carbocycles. The average Bonchev–Trinajstić information content (AvgIpc) is 2.86. The second-order valence-electron chi connectivity index (χ2n) is 7.35. The van der Waals surface area contributed by atoms with Gasteiger partial charge in [0, 0.05) is 6.42 Å². The minimum atomic E-state index is -0.347. The van der Waals surface area contributed by atoms with E-state index in [2.05, 4.69) is 30.3 Å². The number of rotatable bonds is 3.